The Bertz CT molecular complexity index is 574. The van der Waals surface area contributed by atoms with Gasteiger partial charge in [-0.1, -0.05) is 12.1 Å². The van der Waals surface area contributed by atoms with Gasteiger partial charge in [0.1, 0.15) is 0 Å². The molecule has 1 heterocycles. The highest BCUT2D eigenvalue weighted by Crippen LogP contribution is 2.14. The van der Waals surface area contributed by atoms with Crippen molar-refractivity contribution in [3.63, 3.8) is 0 Å². The molecule has 1 aromatic carbocycles. The van der Waals surface area contributed by atoms with E-state index in [-0.39, 0.29) is 17.8 Å². The fourth-order valence-electron chi connectivity index (χ4n) is 2.38. The molecule has 21 heavy (non-hydrogen) atoms. The lowest BCUT2D eigenvalue weighted by Gasteiger charge is -2.10. The van der Waals surface area contributed by atoms with Crippen LogP contribution < -0.4 is 5.32 Å². The van der Waals surface area contributed by atoms with E-state index in [1.165, 1.54) is 6.26 Å². The summed E-state index contributed by atoms with van der Waals surface area (Å²) in [5, 5.41) is 2.86. The Hall–Kier alpha value is -1.40. The van der Waals surface area contributed by atoms with Gasteiger partial charge in [-0.25, -0.2) is 8.42 Å². The first kappa shape index (κ1) is 16.0. The molecule has 0 radical (unpaired) electrons. The lowest BCUT2D eigenvalue weighted by molar-refractivity contribution is 0.0907. The van der Waals surface area contributed by atoms with Crippen LogP contribution in [0.1, 0.15) is 35.2 Å². The maximum atomic E-state index is 11.9. The average Bonchev–Trinajstić information content (AvgIpc) is 2.91. The van der Waals surface area contributed by atoms with Crippen LogP contribution >= 0.6 is 0 Å². The molecule has 1 saturated heterocycles. The van der Waals surface area contributed by atoms with Gasteiger partial charge >= 0.3 is 0 Å². The van der Waals surface area contributed by atoms with Crippen LogP contribution in [0.2, 0.25) is 0 Å². The van der Waals surface area contributed by atoms with E-state index < -0.39 is 9.84 Å². The lowest BCUT2D eigenvalue weighted by Crippen LogP contribution is -2.27. The van der Waals surface area contributed by atoms with Crippen LogP contribution in [0, 0.1) is 0 Å². The maximum Gasteiger partial charge on any atom is 0.251 e. The predicted molar refractivity (Wildman–Crippen MR) is 80.9 cm³/mol. The number of nitrogens with one attached hydrogen (secondary N) is 1. The van der Waals surface area contributed by atoms with Crippen molar-refractivity contribution in [3.8, 4) is 0 Å². The largest absolute Gasteiger partial charge is 0.378 e. The first-order valence-corrected chi connectivity index (χ1v) is 9.16. The Morgan fingerprint density at radius 1 is 1.33 bits per heavy atom. The number of ether oxygens (including phenoxy) is 1. The van der Waals surface area contributed by atoms with E-state index in [1.54, 1.807) is 24.3 Å². The molecule has 6 heteroatoms. The topological polar surface area (TPSA) is 72.5 Å². The van der Waals surface area contributed by atoms with Crippen LogP contribution in [0.25, 0.3) is 0 Å². The summed E-state index contributed by atoms with van der Waals surface area (Å²) in [6.45, 7) is 1.41. The molecule has 2 rings (SSSR count). The monoisotopic (exact) mass is 311 g/mol. The van der Waals surface area contributed by atoms with Gasteiger partial charge in [-0.05, 0) is 37.0 Å². The smallest absolute Gasteiger partial charge is 0.251 e. The first-order valence-electron chi connectivity index (χ1n) is 7.10. The summed E-state index contributed by atoms with van der Waals surface area (Å²) in [7, 11) is -3.05. The molecule has 1 aliphatic heterocycles. The molecule has 5 nitrogen and oxygen atoms in total. The van der Waals surface area contributed by atoms with Crippen molar-refractivity contribution in [2.45, 2.75) is 31.1 Å². The van der Waals surface area contributed by atoms with Crippen LogP contribution in [0.3, 0.4) is 0 Å². The van der Waals surface area contributed by atoms with E-state index in [2.05, 4.69) is 5.32 Å². The molecule has 1 aromatic rings. The minimum absolute atomic E-state index is 0.00603. The predicted octanol–water partition coefficient (Wildman–Crippen LogP) is 1.53. The van der Waals surface area contributed by atoms with Crippen molar-refractivity contribution >= 4 is 15.7 Å². The van der Waals surface area contributed by atoms with E-state index in [0.29, 0.717) is 17.7 Å². The van der Waals surface area contributed by atoms with Crippen molar-refractivity contribution in [1.82, 2.24) is 5.32 Å². The van der Waals surface area contributed by atoms with Crippen LogP contribution in [-0.2, 0) is 20.3 Å². The third-order valence-corrected chi connectivity index (χ3v) is 4.28. The Balaban J connectivity index is 1.81. The second-order valence-corrected chi connectivity index (χ2v) is 7.59. The number of sulfone groups is 1. The van der Waals surface area contributed by atoms with Gasteiger partial charge in [0, 0.05) is 25.0 Å². The fourth-order valence-corrected chi connectivity index (χ4v) is 3.17. The third-order valence-electron chi connectivity index (χ3n) is 3.42. The van der Waals surface area contributed by atoms with Crippen LogP contribution in [-0.4, -0.2) is 39.8 Å². The summed E-state index contributed by atoms with van der Waals surface area (Å²) in [5.74, 6) is -0.146. The molecule has 1 aliphatic rings. The number of amides is 1. The zero-order valence-corrected chi connectivity index (χ0v) is 13.0. The molecule has 0 aromatic heterocycles. The SMILES string of the molecule is CS(=O)(=O)Cc1ccc(C(=O)NCC[C@H]2CCCO2)cc1. The molecule has 0 spiro atoms. The number of rotatable bonds is 6. The normalized spacial score (nSPS) is 18.6. The highest BCUT2D eigenvalue weighted by Gasteiger charge is 2.15. The molecule has 1 N–H and O–H groups in total. The third kappa shape index (κ3) is 5.47. The summed E-state index contributed by atoms with van der Waals surface area (Å²) in [6, 6.07) is 6.66. The van der Waals surface area contributed by atoms with E-state index in [0.717, 1.165) is 25.9 Å². The lowest BCUT2D eigenvalue weighted by atomic mass is 10.1. The molecule has 1 atom stereocenters. The molecule has 0 saturated carbocycles. The van der Waals surface area contributed by atoms with Crippen molar-refractivity contribution < 1.29 is 17.9 Å². The van der Waals surface area contributed by atoms with Gasteiger partial charge in [0.15, 0.2) is 9.84 Å². The van der Waals surface area contributed by atoms with Gasteiger partial charge in [0.05, 0.1) is 11.9 Å². The number of carbonyl (C=O) groups excluding carboxylic acids is 1. The number of hydrogen-bond donors (Lipinski definition) is 1. The quantitative estimate of drug-likeness (QED) is 0.865. The van der Waals surface area contributed by atoms with E-state index in [9.17, 15) is 13.2 Å². The zero-order valence-electron chi connectivity index (χ0n) is 12.2. The summed E-state index contributed by atoms with van der Waals surface area (Å²) < 4.78 is 27.9. The molecule has 1 fully saturated rings. The molecular weight excluding hydrogens is 290 g/mol. The van der Waals surface area contributed by atoms with E-state index in [4.69, 9.17) is 4.74 Å². The van der Waals surface area contributed by atoms with Gasteiger partial charge in [-0.15, -0.1) is 0 Å². The summed E-state index contributed by atoms with van der Waals surface area (Å²) in [5.41, 5.74) is 1.23. The number of hydrogen-bond acceptors (Lipinski definition) is 4. The Labute approximate surface area is 125 Å². The minimum Gasteiger partial charge on any atom is -0.378 e. The molecular formula is C15H21NO4S. The second kappa shape index (κ2) is 7.04. The zero-order chi connectivity index (χ0) is 15.3. The van der Waals surface area contributed by atoms with Crippen molar-refractivity contribution in [2.24, 2.45) is 0 Å². The number of carbonyl (C=O) groups is 1. The summed E-state index contributed by atoms with van der Waals surface area (Å²) >= 11 is 0. The Morgan fingerprint density at radius 2 is 2.05 bits per heavy atom. The first-order chi connectivity index (χ1) is 9.94. The summed E-state index contributed by atoms with van der Waals surface area (Å²) in [6.07, 6.45) is 4.45. The Morgan fingerprint density at radius 3 is 2.62 bits per heavy atom. The molecule has 1 amide bonds. The van der Waals surface area contributed by atoms with Gasteiger partial charge in [0.25, 0.3) is 5.91 Å². The van der Waals surface area contributed by atoms with Gasteiger partial charge in [-0.3, -0.25) is 4.79 Å². The van der Waals surface area contributed by atoms with Gasteiger partial charge < -0.3 is 10.1 Å². The Kier molecular flexibility index (Phi) is 5.36. The van der Waals surface area contributed by atoms with E-state index >= 15 is 0 Å². The summed E-state index contributed by atoms with van der Waals surface area (Å²) in [4.78, 5) is 11.9. The van der Waals surface area contributed by atoms with Crippen molar-refractivity contribution in [1.29, 1.82) is 0 Å². The molecule has 0 unspecified atom stereocenters. The fraction of sp³-hybridized carbons (Fsp3) is 0.533. The second-order valence-electron chi connectivity index (χ2n) is 5.45. The standard InChI is InChI=1S/C15H21NO4S/c1-21(18,19)11-12-4-6-13(7-5-12)15(17)16-9-8-14-3-2-10-20-14/h4-7,14H,2-3,8-11H2,1H3,(H,16,17)/t14-/m1/s1. The molecule has 0 bridgehead atoms. The van der Waals surface area contributed by atoms with Crippen LogP contribution in [0.5, 0.6) is 0 Å². The van der Waals surface area contributed by atoms with E-state index in [1.807, 2.05) is 0 Å². The molecule has 116 valence electrons. The highest BCUT2D eigenvalue weighted by molar-refractivity contribution is 7.89. The minimum atomic E-state index is -3.05. The van der Waals surface area contributed by atoms with Crippen molar-refractivity contribution in [2.75, 3.05) is 19.4 Å². The van der Waals surface area contributed by atoms with Gasteiger partial charge in [0.2, 0.25) is 0 Å². The van der Waals surface area contributed by atoms with Gasteiger partial charge in [-0.2, -0.15) is 0 Å². The average molecular weight is 311 g/mol. The highest BCUT2D eigenvalue weighted by atomic mass is 32.2. The number of benzene rings is 1. The maximum absolute atomic E-state index is 11.9. The molecule has 0 aliphatic carbocycles. The van der Waals surface area contributed by atoms with Crippen LogP contribution in [0.4, 0.5) is 0 Å². The van der Waals surface area contributed by atoms with Crippen molar-refractivity contribution in [3.05, 3.63) is 35.4 Å². The van der Waals surface area contributed by atoms with Crippen LogP contribution in [0.15, 0.2) is 24.3 Å².